The first-order chi connectivity index (χ1) is 6.57. The minimum Gasteiger partial charge on any atom is -0.330 e. The lowest BCUT2D eigenvalue weighted by Gasteiger charge is -2.39. The van der Waals surface area contributed by atoms with Crippen molar-refractivity contribution in [2.45, 2.75) is 40.0 Å². The molecule has 1 rings (SSSR count). The van der Waals surface area contributed by atoms with Gasteiger partial charge in [-0.25, -0.2) is 0 Å². The molecule has 0 spiro atoms. The molecule has 0 radical (unpaired) electrons. The third-order valence-electron chi connectivity index (χ3n) is 3.41. The summed E-state index contributed by atoms with van der Waals surface area (Å²) in [5.74, 6) is 0.698. The van der Waals surface area contributed by atoms with Crippen LogP contribution in [0.2, 0.25) is 0 Å². The van der Waals surface area contributed by atoms with E-state index in [9.17, 15) is 0 Å². The molecule has 1 aliphatic rings. The predicted molar refractivity (Wildman–Crippen MR) is 62.3 cm³/mol. The molecule has 1 aliphatic heterocycles. The molecule has 0 aliphatic carbocycles. The van der Waals surface area contributed by atoms with Gasteiger partial charge in [0.25, 0.3) is 0 Å². The van der Waals surface area contributed by atoms with Crippen LogP contribution in [0.1, 0.15) is 40.0 Å². The van der Waals surface area contributed by atoms with Gasteiger partial charge in [-0.2, -0.15) is 0 Å². The Hall–Kier alpha value is -0.0800. The molecule has 0 aromatic heterocycles. The van der Waals surface area contributed by atoms with E-state index in [1.54, 1.807) is 0 Å². The summed E-state index contributed by atoms with van der Waals surface area (Å²) in [7, 11) is 0. The van der Waals surface area contributed by atoms with E-state index in [0.29, 0.717) is 11.3 Å². The van der Waals surface area contributed by atoms with Crippen LogP contribution >= 0.6 is 0 Å². The Kier molecular flexibility index (Phi) is 4.39. The SMILES string of the molecule is CCC(CN)CN1CCCC(C)(C)C1. The normalized spacial score (nSPS) is 24.9. The molecular weight excluding hydrogens is 172 g/mol. The van der Waals surface area contributed by atoms with Crippen LogP contribution in [-0.4, -0.2) is 31.1 Å². The quantitative estimate of drug-likeness (QED) is 0.749. The Morgan fingerprint density at radius 2 is 2.14 bits per heavy atom. The molecule has 14 heavy (non-hydrogen) atoms. The highest BCUT2D eigenvalue weighted by Crippen LogP contribution is 2.28. The second-order valence-corrected chi connectivity index (χ2v) is 5.51. The van der Waals surface area contributed by atoms with Crippen molar-refractivity contribution >= 4 is 0 Å². The fraction of sp³-hybridized carbons (Fsp3) is 1.00. The summed E-state index contributed by atoms with van der Waals surface area (Å²) in [6.45, 7) is 11.6. The van der Waals surface area contributed by atoms with E-state index in [0.717, 1.165) is 6.54 Å². The van der Waals surface area contributed by atoms with Gasteiger partial charge in [-0.15, -0.1) is 0 Å². The fourth-order valence-electron chi connectivity index (χ4n) is 2.44. The molecule has 0 bridgehead atoms. The van der Waals surface area contributed by atoms with E-state index < -0.39 is 0 Å². The van der Waals surface area contributed by atoms with Crippen LogP contribution in [0.15, 0.2) is 0 Å². The smallest absolute Gasteiger partial charge is 0.00328 e. The zero-order valence-electron chi connectivity index (χ0n) is 10.1. The molecule has 0 saturated carbocycles. The van der Waals surface area contributed by atoms with Gasteiger partial charge in [-0.3, -0.25) is 0 Å². The molecule has 0 amide bonds. The van der Waals surface area contributed by atoms with Crippen molar-refractivity contribution in [2.75, 3.05) is 26.2 Å². The molecule has 1 atom stereocenters. The summed E-state index contributed by atoms with van der Waals surface area (Å²) in [5, 5.41) is 0. The van der Waals surface area contributed by atoms with Gasteiger partial charge in [0, 0.05) is 13.1 Å². The van der Waals surface area contributed by atoms with Crippen LogP contribution in [0.5, 0.6) is 0 Å². The average Bonchev–Trinajstić information content (AvgIpc) is 2.12. The predicted octanol–water partition coefficient (Wildman–Crippen LogP) is 2.09. The van der Waals surface area contributed by atoms with Gasteiger partial charge in [0.15, 0.2) is 0 Å². The number of hydrogen-bond acceptors (Lipinski definition) is 2. The lowest BCUT2D eigenvalue weighted by Crippen LogP contribution is -2.43. The standard InChI is InChI=1S/C12H26N2/c1-4-11(8-13)9-14-7-5-6-12(2,3)10-14/h11H,4-10,13H2,1-3H3. The second-order valence-electron chi connectivity index (χ2n) is 5.51. The lowest BCUT2D eigenvalue weighted by atomic mass is 9.84. The minimum atomic E-state index is 0.519. The average molecular weight is 198 g/mol. The van der Waals surface area contributed by atoms with Gasteiger partial charge in [0.1, 0.15) is 0 Å². The van der Waals surface area contributed by atoms with Crippen LogP contribution in [-0.2, 0) is 0 Å². The van der Waals surface area contributed by atoms with Crippen molar-refractivity contribution in [2.24, 2.45) is 17.1 Å². The van der Waals surface area contributed by atoms with E-state index >= 15 is 0 Å². The monoisotopic (exact) mass is 198 g/mol. The minimum absolute atomic E-state index is 0.519. The Morgan fingerprint density at radius 1 is 1.43 bits per heavy atom. The molecule has 1 unspecified atom stereocenters. The fourth-order valence-corrected chi connectivity index (χ4v) is 2.44. The van der Waals surface area contributed by atoms with Gasteiger partial charge in [0.2, 0.25) is 0 Å². The van der Waals surface area contributed by atoms with Gasteiger partial charge in [0.05, 0.1) is 0 Å². The largest absolute Gasteiger partial charge is 0.330 e. The van der Waals surface area contributed by atoms with Gasteiger partial charge >= 0.3 is 0 Å². The summed E-state index contributed by atoms with van der Waals surface area (Å²) in [6.07, 6.45) is 3.95. The zero-order chi connectivity index (χ0) is 10.6. The summed E-state index contributed by atoms with van der Waals surface area (Å²) < 4.78 is 0. The van der Waals surface area contributed by atoms with Crippen LogP contribution in [0.3, 0.4) is 0 Å². The maximum Gasteiger partial charge on any atom is 0.00328 e. The summed E-state index contributed by atoms with van der Waals surface area (Å²) in [6, 6.07) is 0. The van der Waals surface area contributed by atoms with Crippen LogP contribution in [0.25, 0.3) is 0 Å². The Balaban J connectivity index is 2.37. The molecule has 2 nitrogen and oxygen atoms in total. The number of likely N-dealkylation sites (tertiary alicyclic amines) is 1. The molecule has 2 heteroatoms. The van der Waals surface area contributed by atoms with Crippen molar-refractivity contribution < 1.29 is 0 Å². The topological polar surface area (TPSA) is 29.3 Å². The van der Waals surface area contributed by atoms with Crippen LogP contribution in [0.4, 0.5) is 0 Å². The van der Waals surface area contributed by atoms with E-state index in [1.807, 2.05) is 0 Å². The van der Waals surface area contributed by atoms with Gasteiger partial charge in [-0.05, 0) is 37.3 Å². The highest BCUT2D eigenvalue weighted by molar-refractivity contribution is 4.80. The van der Waals surface area contributed by atoms with E-state index in [-0.39, 0.29) is 0 Å². The third kappa shape index (κ3) is 3.58. The molecular formula is C12H26N2. The number of hydrogen-bond donors (Lipinski definition) is 1. The first kappa shape index (κ1) is 12.0. The van der Waals surface area contributed by atoms with Crippen molar-refractivity contribution in [3.8, 4) is 0 Å². The van der Waals surface area contributed by atoms with Crippen LogP contribution in [0, 0.1) is 11.3 Å². The third-order valence-corrected chi connectivity index (χ3v) is 3.41. The molecule has 1 saturated heterocycles. The zero-order valence-corrected chi connectivity index (χ0v) is 10.1. The molecule has 1 heterocycles. The summed E-state index contributed by atoms with van der Waals surface area (Å²) in [5.41, 5.74) is 6.26. The van der Waals surface area contributed by atoms with Crippen molar-refractivity contribution in [3.05, 3.63) is 0 Å². The van der Waals surface area contributed by atoms with Crippen LogP contribution < -0.4 is 5.73 Å². The molecule has 1 fully saturated rings. The first-order valence-electron chi connectivity index (χ1n) is 6.00. The number of piperidine rings is 1. The Bertz CT molecular complexity index is 162. The number of nitrogens with zero attached hydrogens (tertiary/aromatic N) is 1. The maximum atomic E-state index is 5.74. The van der Waals surface area contributed by atoms with E-state index in [2.05, 4.69) is 25.7 Å². The highest BCUT2D eigenvalue weighted by Gasteiger charge is 2.26. The maximum absolute atomic E-state index is 5.74. The molecule has 84 valence electrons. The van der Waals surface area contributed by atoms with Crippen molar-refractivity contribution in [1.82, 2.24) is 4.90 Å². The first-order valence-corrected chi connectivity index (χ1v) is 6.00. The van der Waals surface area contributed by atoms with Crippen molar-refractivity contribution in [1.29, 1.82) is 0 Å². The number of rotatable bonds is 4. The van der Waals surface area contributed by atoms with E-state index in [1.165, 1.54) is 38.9 Å². The molecule has 0 aromatic carbocycles. The van der Waals surface area contributed by atoms with E-state index in [4.69, 9.17) is 5.73 Å². The molecule has 2 N–H and O–H groups in total. The lowest BCUT2D eigenvalue weighted by molar-refractivity contribution is 0.102. The van der Waals surface area contributed by atoms with Gasteiger partial charge < -0.3 is 10.6 Å². The van der Waals surface area contributed by atoms with Crippen molar-refractivity contribution in [3.63, 3.8) is 0 Å². The highest BCUT2D eigenvalue weighted by atomic mass is 15.1. The Morgan fingerprint density at radius 3 is 2.64 bits per heavy atom. The Labute approximate surface area is 88.8 Å². The second kappa shape index (κ2) is 5.13. The molecule has 0 aromatic rings. The summed E-state index contributed by atoms with van der Waals surface area (Å²) in [4.78, 5) is 2.60. The number of nitrogens with two attached hydrogens (primary N) is 1. The van der Waals surface area contributed by atoms with Gasteiger partial charge in [-0.1, -0.05) is 27.2 Å². The summed E-state index contributed by atoms with van der Waals surface area (Å²) >= 11 is 0.